The van der Waals surface area contributed by atoms with E-state index >= 15 is 0 Å². The number of hydrogen-bond acceptors (Lipinski definition) is 4. The molecule has 2 rings (SSSR count). The fraction of sp³-hybridized carbons (Fsp3) is 0.421. The minimum absolute atomic E-state index is 0.289. The lowest BCUT2D eigenvalue weighted by Crippen LogP contribution is -2.34. The third-order valence-corrected chi connectivity index (χ3v) is 5.59. The molecule has 1 heterocycles. The first-order valence-corrected chi connectivity index (χ1v) is 12.8. The highest BCUT2D eigenvalue weighted by Crippen LogP contribution is 2.10. The van der Waals surface area contributed by atoms with Crippen molar-refractivity contribution in [3.63, 3.8) is 0 Å². The first kappa shape index (κ1) is 23.1. The summed E-state index contributed by atoms with van der Waals surface area (Å²) < 4.78 is 6.11. The maximum atomic E-state index is 12.0. The van der Waals surface area contributed by atoms with E-state index in [1.807, 2.05) is 6.92 Å². The van der Waals surface area contributed by atoms with Crippen LogP contribution in [0.5, 0.6) is 0 Å². The Balaban J connectivity index is 0.000000345. The normalized spacial score (nSPS) is 10.9. The molecule has 0 saturated heterocycles. The summed E-state index contributed by atoms with van der Waals surface area (Å²) in [6, 6.07) is 7.42. The number of hydrogen-bond donors (Lipinski definition) is 1. The molecular weight excluding hydrogens is 384 g/mol. The molecule has 27 heavy (non-hydrogen) atoms. The molecule has 0 radical (unpaired) electrons. The number of carbonyl (C=O) groups is 1. The Morgan fingerprint density at radius 2 is 1.78 bits per heavy atom. The number of nitrogens with one attached hydrogen (secondary N) is 1. The lowest BCUT2D eigenvalue weighted by molar-refractivity contribution is 0.0953. The van der Waals surface area contributed by atoms with Gasteiger partial charge in [0.25, 0.3) is 11.5 Å². The molecule has 0 bridgehead atoms. The molecule has 6 nitrogen and oxygen atoms in total. The second kappa shape index (κ2) is 10.4. The molecule has 0 saturated carbocycles. The van der Waals surface area contributed by atoms with Gasteiger partial charge < -0.3 is 4.74 Å². The zero-order chi connectivity index (χ0) is 20.6. The molecule has 148 valence electrons. The molecule has 0 amide bonds. The first-order valence-electron chi connectivity index (χ1n) is 8.75. The van der Waals surface area contributed by atoms with Crippen LogP contribution in [0.2, 0.25) is 30.7 Å². The van der Waals surface area contributed by atoms with Gasteiger partial charge in [-0.2, -0.15) is 0 Å². The molecular formula is C19H27ClN2O4Si. The number of halogens is 1. The number of aryl methyl sites for hydroxylation is 1. The van der Waals surface area contributed by atoms with Gasteiger partial charge in [-0.3, -0.25) is 14.6 Å². The summed E-state index contributed by atoms with van der Waals surface area (Å²) in [4.78, 5) is 36.8. The van der Waals surface area contributed by atoms with Gasteiger partial charge in [-0.1, -0.05) is 31.2 Å². The maximum absolute atomic E-state index is 12.0. The van der Waals surface area contributed by atoms with Gasteiger partial charge in [0.15, 0.2) is 0 Å². The predicted molar refractivity (Wildman–Crippen MR) is 112 cm³/mol. The predicted octanol–water partition coefficient (Wildman–Crippen LogP) is 3.55. The monoisotopic (exact) mass is 410 g/mol. The second-order valence-corrected chi connectivity index (χ2v) is 13.3. The summed E-state index contributed by atoms with van der Waals surface area (Å²) in [5, 5.41) is 0.497. The lowest BCUT2D eigenvalue weighted by Gasteiger charge is -2.14. The van der Waals surface area contributed by atoms with E-state index in [-0.39, 0.29) is 5.56 Å². The average molecular weight is 411 g/mol. The number of aromatic amines is 1. The van der Waals surface area contributed by atoms with Crippen LogP contribution in [0.1, 0.15) is 22.8 Å². The highest BCUT2D eigenvalue weighted by molar-refractivity contribution is 6.76. The fourth-order valence-corrected chi connectivity index (χ4v) is 2.85. The average Bonchev–Trinajstić information content (AvgIpc) is 2.58. The Labute approximate surface area is 165 Å². The third kappa shape index (κ3) is 8.07. The number of rotatable bonds is 5. The fourth-order valence-electron chi connectivity index (χ4n) is 1.97. The minimum atomic E-state index is -0.819. The van der Waals surface area contributed by atoms with E-state index < -0.39 is 25.2 Å². The Morgan fingerprint density at radius 1 is 1.19 bits per heavy atom. The van der Waals surface area contributed by atoms with Crippen molar-refractivity contribution in [3.05, 3.63) is 67.4 Å². The molecule has 1 aromatic carbocycles. The van der Waals surface area contributed by atoms with Crippen LogP contribution in [0, 0.1) is 6.92 Å². The van der Waals surface area contributed by atoms with Gasteiger partial charge in [-0.05, 0) is 44.2 Å². The van der Waals surface area contributed by atoms with Gasteiger partial charge in [-0.25, -0.2) is 9.36 Å². The van der Waals surface area contributed by atoms with Gasteiger partial charge in [0.1, 0.15) is 0 Å². The topological polar surface area (TPSA) is 81.2 Å². The van der Waals surface area contributed by atoms with Crippen molar-refractivity contribution in [2.24, 2.45) is 0 Å². The van der Waals surface area contributed by atoms with Gasteiger partial charge >= 0.3 is 5.69 Å². The number of H-pyrrole nitrogens is 1. The Hall–Kier alpha value is -1.96. The largest absolute Gasteiger partial charge is 0.382 e. The number of aromatic nitrogens is 2. The molecule has 0 fully saturated rings. The van der Waals surface area contributed by atoms with Gasteiger partial charge in [0.2, 0.25) is 0 Å². The van der Waals surface area contributed by atoms with E-state index in [1.54, 1.807) is 12.1 Å². The second-order valence-electron chi connectivity index (χ2n) is 7.26. The van der Waals surface area contributed by atoms with Gasteiger partial charge in [0.05, 0.1) is 0 Å². The standard InChI is InChI=1S/C12H9ClN2O3.C7H18OSi/c1-7-6-15(12(18)14-10(7)16)11(17)8-2-4-9(13)5-3-8;1-5-8-6-7-9(2,3)4/h2-6H,1H3,(H,14,16,18);5-7H2,1-4H3. The van der Waals surface area contributed by atoms with Gasteiger partial charge in [-0.15, -0.1) is 0 Å². The SMILES string of the molecule is CCOCC[Si](C)(C)C.Cc1cn(C(=O)c2ccc(Cl)cc2)c(=O)[nH]c1=O. The van der Waals surface area contributed by atoms with Crippen LogP contribution in [-0.2, 0) is 4.74 Å². The molecule has 1 aromatic heterocycles. The molecule has 0 atom stereocenters. The highest BCUT2D eigenvalue weighted by atomic mass is 35.5. The van der Waals surface area contributed by atoms with E-state index in [0.717, 1.165) is 17.8 Å². The first-order chi connectivity index (χ1) is 12.5. The van der Waals surface area contributed by atoms with E-state index in [2.05, 4.69) is 24.6 Å². The van der Waals surface area contributed by atoms with E-state index in [4.69, 9.17) is 16.3 Å². The van der Waals surface area contributed by atoms with E-state index in [9.17, 15) is 14.4 Å². The number of benzene rings is 1. The Morgan fingerprint density at radius 3 is 2.30 bits per heavy atom. The van der Waals surface area contributed by atoms with Crippen molar-refractivity contribution >= 4 is 25.6 Å². The summed E-state index contributed by atoms with van der Waals surface area (Å²) in [7, 11) is -0.819. The van der Waals surface area contributed by atoms with Crippen LogP contribution in [0.3, 0.4) is 0 Å². The summed E-state index contributed by atoms with van der Waals surface area (Å²) in [5.41, 5.74) is -0.657. The maximum Gasteiger partial charge on any atom is 0.335 e. The third-order valence-electron chi connectivity index (χ3n) is 3.63. The van der Waals surface area contributed by atoms with E-state index in [1.165, 1.54) is 31.3 Å². The number of nitrogens with zero attached hydrogens (tertiary/aromatic N) is 1. The molecule has 0 aliphatic carbocycles. The zero-order valence-electron chi connectivity index (χ0n) is 16.5. The smallest absolute Gasteiger partial charge is 0.335 e. The Bertz CT molecular complexity index is 867. The summed E-state index contributed by atoms with van der Waals surface area (Å²) in [5.74, 6) is -0.518. The molecule has 0 unspecified atom stereocenters. The molecule has 0 aliphatic rings. The van der Waals surface area contributed by atoms with Crippen molar-refractivity contribution in [3.8, 4) is 0 Å². The van der Waals surface area contributed by atoms with Crippen molar-refractivity contribution in [2.45, 2.75) is 39.5 Å². The number of carbonyl (C=O) groups excluding carboxylic acids is 1. The number of ether oxygens (including phenoxy) is 1. The van der Waals surface area contributed by atoms with Crippen molar-refractivity contribution in [1.29, 1.82) is 0 Å². The van der Waals surface area contributed by atoms with Crippen LogP contribution in [0.4, 0.5) is 0 Å². The van der Waals surface area contributed by atoms with Crippen LogP contribution < -0.4 is 11.2 Å². The van der Waals surface area contributed by atoms with Crippen molar-refractivity contribution in [1.82, 2.24) is 9.55 Å². The van der Waals surface area contributed by atoms with Crippen LogP contribution in [0.25, 0.3) is 0 Å². The quantitative estimate of drug-likeness (QED) is 0.603. The van der Waals surface area contributed by atoms with Crippen molar-refractivity contribution in [2.75, 3.05) is 13.2 Å². The van der Waals surface area contributed by atoms with E-state index in [0.29, 0.717) is 10.6 Å². The van der Waals surface area contributed by atoms with Crippen LogP contribution in [0.15, 0.2) is 40.1 Å². The molecule has 0 aliphatic heterocycles. The molecule has 0 spiro atoms. The highest BCUT2D eigenvalue weighted by Gasteiger charge is 2.12. The van der Waals surface area contributed by atoms with Crippen molar-refractivity contribution < 1.29 is 9.53 Å². The molecule has 8 heteroatoms. The summed E-state index contributed by atoms with van der Waals surface area (Å²) in [6.07, 6.45) is 1.22. The van der Waals surface area contributed by atoms with Crippen LogP contribution in [-0.4, -0.2) is 36.7 Å². The lowest BCUT2D eigenvalue weighted by atomic mass is 10.2. The molecule has 2 aromatic rings. The minimum Gasteiger partial charge on any atom is -0.382 e. The summed E-state index contributed by atoms with van der Waals surface area (Å²) in [6.45, 7) is 12.5. The Kier molecular flexibility index (Phi) is 8.88. The van der Waals surface area contributed by atoms with Gasteiger partial charge in [0, 0.05) is 43.6 Å². The zero-order valence-corrected chi connectivity index (χ0v) is 18.2. The molecule has 1 N–H and O–H groups in total. The van der Waals surface area contributed by atoms with Crippen LogP contribution >= 0.6 is 11.6 Å². The summed E-state index contributed by atoms with van der Waals surface area (Å²) >= 11 is 5.71.